The molecule has 0 fully saturated rings. The molecule has 1 aromatic heterocycles. The maximum absolute atomic E-state index is 11.8. The first-order chi connectivity index (χ1) is 5.88. The van der Waals surface area contributed by atoms with Crippen LogP contribution >= 0.6 is 0 Å². The molecular weight excluding hydrogens is 189 g/mol. The van der Waals surface area contributed by atoms with E-state index in [1.54, 1.807) is 0 Å². The monoisotopic (exact) mass is 196 g/mol. The van der Waals surface area contributed by atoms with E-state index in [1.807, 2.05) is 0 Å². The number of hydrogen-bond acceptors (Lipinski definition) is 5. The average Bonchev–Trinajstić information content (AvgIpc) is 2.31. The van der Waals surface area contributed by atoms with Crippen molar-refractivity contribution in [1.82, 2.24) is 10.2 Å². The number of nitrogens with two attached hydrogens (primary N) is 1. The van der Waals surface area contributed by atoms with Gasteiger partial charge in [-0.25, -0.2) is 0 Å². The van der Waals surface area contributed by atoms with Crippen LogP contribution in [0.3, 0.4) is 0 Å². The lowest BCUT2D eigenvalue weighted by molar-refractivity contribution is -0.119. The van der Waals surface area contributed by atoms with Crippen molar-refractivity contribution in [3.05, 3.63) is 0 Å². The second kappa shape index (κ2) is 3.11. The Morgan fingerprint density at radius 2 is 2.08 bits per heavy atom. The van der Waals surface area contributed by atoms with Crippen LogP contribution in [0.5, 0.6) is 0 Å². The van der Waals surface area contributed by atoms with Crippen LogP contribution in [-0.2, 0) is 0 Å². The van der Waals surface area contributed by atoms with Gasteiger partial charge in [-0.2, -0.15) is 13.2 Å². The Hall–Kier alpha value is -1.47. The molecule has 13 heavy (non-hydrogen) atoms. The summed E-state index contributed by atoms with van der Waals surface area (Å²) in [5, 5.41) is 6.50. The SMILES string of the molecule is CN(CC(F)(F)F)c1nnc(N)o1. The molecule has 0 aromatic carbocycles. The fourth-order valence-corrected chi connectivity index (χ4v) is 0.717. The van der Waals surface area contributed by atoms with E-state index in [4.69, 9.17) is 5.73 Å². The summed E-state index contributed by atoms with van der Waals surface area (Å²) in [5.74, 6) is 0. The van der Waals surface area contributed by atoms with Crippen molar-refractivity contribution < 1.29 is 17.6 Å². The molecule has 0 bridgehead atoms. The minimum absolute atomic E-state index is 0.255. The molecule has 0 aliphatic rings. The Balaban J connectivity index is 2.64. The lowest BCUT2D eigenvalue weighted by atomic mass is 10.6. The second-order valence-electron chi connectivity index (χ2n) is 2.39. The molecule has 8 heteroatoms. The molecule has 1 heterocycles. The average molecular weight is 196 g/mol. The molecule has 5 nitrogen and oxygen atoms in total. The normalized spacial score (nSPS) is 11.7. The summed E-state index contributed by atoms with van der Waals surface area (Å²) in [6.07, 6.45) is -4.31. The number of nitrogen functional groups attached to an aromatic ring is 1. The van der Waals surface area contributed by atoms with Gasteiger partial charge < -0.3 is 15.1 Å². The Morgan fingerprint density at radius 3 is 2.46 bits per heavy atom. The zero-order chi connectivity index (χ0) is 10.1. The summed E-state index contributed by atoms with van der Waals surface area (Å²) in [5.41, 5.74) is 5.03. The largest absolute Gasteiger partial charge is 0.406 e. The molecule has 0 spiro atoms. The summed E-state index contributed by atoms with van der Waals surface area (Å²) < 4.78 is 40.1. The van der Waals surface area contributed by atoms with Gasteiger partial charge >= 0.3 is 18.2 Å². The fourth-order valence-electron chi connectivity index (χ4n) is 0.717. The molecule has 0 atom stereocenters. The van der Waals surface area contributed by atoms with Crippen LogP contribution in [0.25, 0.3) is 0 Å². The number of anilines is 2. The third kappa shape index (κ3) is 2.80. The third-order valence-corrected chi connectivity index (χ3v) is 1.17. The molecule has 0 radical (unpaired) electrons. The maximum atomic E-state index is 11.8. The summed E-state index contributed by atoms with van der Waals surface area (Å²) in [4.78, 5) is 0.767. The van der Waals surface area contributed by atoms with Gasteiger partial charge in [-0.05, 0) is 0 Å². The Labute approximate surface area is 71.3 Å². The van der Waals surface area contributed by atoms with Gasteiger partial charge in [-0.3, -0.25) is 0 Å². The molecule has 74 valence electrons. The molecule has 0 aliphatic carbocycles. The molecular formula is C5H7F3N4O. The van der Waals surface area contributed by atoms with Crippen molar-refractivity contribution in [2.24, 2.45) is 0 Å². The lowest BCUT2D eigenvalue weighted by Crippen LogP contribution is -2.31. The number of alkyl halides is 3. The maximum Gasteiger partial charge on any atom is 0.406 e. The number of rotatable bonds is 2. The van der Waals surface area contributed by atoms with Crippen molar-refractivity contribution in [2.45, 2.75) is 6.18 Å². The summed E-state index contributed by atoms with van der Waals surface area (Å²) >= 11 is 0. The minimum Gasteiger partial charge on any atom is -0.390 e. The van der Waals surface area contributed by atoms with E-state index in [2.05, 4.69) is 14.6 Å². The van der Waals surface area contributed by atoms with E-state index in [1.165, 1.54) is 7.05 Å². The van der Waals surface area contributed by atoms with E-state index in [-0.39, 0.29) is 12.0 Å². The summed E-state index contributed by atoms with van der Waals surface area (Å²) in [6.45, 7) is -1.16. The van der Waals surface area contributed by atoms with Crippen molar-refractivity contribution in [1.29, 1.82) is 0 Å². The summed E-state index contributed by atoms with van der Waals surface area (Å²) in [7, 11) is 1.18. The zero-order valence-corrected chi connectivity index (χ0v) is 6.67. The molecule has 1 rings (SSSR count). The van der Waals surface area contributed by atoms with Crippen LogP contribution in [0.4, 0.5) is 25.2 Å². The molecule has 0 amide bonds. The standard InChI is InChI=1S/C5H7F3N4O/c1-12(2-5(6,7)8)4-11-10-3(9)13-4/h2H2,1H3,(H2,9,10). The molecule has 0 unspecified atom stereocenters. The van der Waals surface area contributed by atoms with E-state index in [0.717, 1.165) is 4.90 Å². The van der Waals surface area contributed by atoms with Crippen molar-refractivity contribution in [3.8, 4) is 0 Å². The number of aromatic nitrogens is 2. The van der Waals surface area contributed by atoms with Crippen LogP contribution in [0, 0.1) is 0 Å². The van der Waals surface area contributed by atoms with Crippen LogP contribution in [0.15, 0.2) is 4.42 Å². The predicted molar refractivity (Wildman–Crippen MR) is 38.0 cm³/mol. The fraction of sp³-hybridized carbons (Fsp3) is 0.600. The first-order valence-corrected chi connectivity index (χ1v) is 3.25. The van der Waals surface area contributed by atoms with Crippen LogP contribution in [0.1, 0.15) is 0 Å². The highest BCUT2D eigenvalue weighted by molar-refractivity contribution is 5.26. The van der Waals surface area contributed by atoms with Crippen LogP contribution in [-0.4, -0.2) is 30.0 Å². The van der Waals surface area contributed by atoms with Crippen molar-refractivity contribution in [2.75, 3.05) is 24.2 Å². The van der Waals surface area contributed by atoms with Crippen molar-refractivity contribution >= 4 is 12.0 Å². The zero-order valence-electron chi connectivity index (χ0n) is 6.67. The molecule has 2 N–H and O–H groups in total. The van der Waals surface area contributed by atoms with Crippen LogP contribution < -0.4 is 10.6 Å². The molecule has 0 aliphatic heterocycles. The Kier molecular flexibility index (Phi) is 2.30. The molecule has 0 saturated heterocycles. The second-order valence-corrected chi connectivity index (χ2v) is 2.39. The van der Waals surface area contributed by atoms with E-state index in [9.17, 15) is 13.2 Å². The van der Waals surface area contributed by atoms with E-state index in [0.29, 0.717) is 0 Å². The smallest absolute Gasteiger partial charge is 0.390 e. The van der Waals surface area contributed by atoms with Gasteiger partial charge in [0.05, 0.1) is 0 Å². The highest BCUT2D eigenvalue weighted by atomic mass is 19.4. The van der Waals surface area contributed by atoms with Gasteiger partial charge in [0.25, 0.3) is 0 Å². The highest BCUT2D eigenvalue weighted by Gasteiger charge is 2.31. The predicted octanol–water partition coefficient (Wildman–Crippen LogP) is 0.650. The number of hydrogen-bond donors (Lipinski definition) is 1. The van der Waals surface area contributed by atoms with Gasteiger partial charge in [-0.1, -0.05) is 10.2 Å². The first kappa shape index (κ1) is 9.62. The molecule has 0 saturated carbocycles. The number of nitrogens with zero attached hydrogens (tertiary/aromatic N) is 3. The topological polar surface area (TPSA) is 68.2 Å². The third-order valence-electron chi connectivity index (χ3n) is 1.17. The Morgan fingerprint density at radius 1 is 1.46 bits per heavy atom. The lowest BCUT2D eigenvalue weighted by Gasteiger charge is -2.15. The molecule has 1 aromatic rings. The van der Waals surface area contributed by atoms with E-state index < -0.39 is 12.7 Å². The summed E-state index contributed by atoms with van der Waals surface area (Å²) in [6, 6.07) is -0.515. The van der Waals surface area contributed by atoms with Gasteiger partial charge in [0.1, 0.15) is 6.54 Å². The quantitative estimate of drug-likeness (QED) is 0.752. The Bertz CT molecular complexity index is 284. The van der Waals surface area contributed by atoms with E-state index >= 15 is 0 Å². The van der Waals surface area contributed by atoms with Gasteiger partial charge in [0, 0.05) is 7.05 Å². The first-order valence-electron chi connectivity index (χ1n) is 3.25. The number of halogens is 3. The van der Waals surface area contributed by atoms with Gasteiger partial charge in [-0.15, -0.1) is 0 Å². The van der Waals surface area contributed by atoms with Crippen LogP contribution in [0.2, 0.25) is 0 Å². The minimum atomic E-state index is -4.31. The van der Waals surface area contributed by atoms with Gasteiger partial charge in [0.15, 0.2) is 0 Å². The van der Waals surface area contributed by atoms with Crippen molar-refractivity contribution in [3.63, 3.8) is 0 Å². The highest BCUT2D eigenvalue weighted by Crippen LogP contribution is 2.19. The van der Waals surface area contributed by atoms with Gasteiger partial charge in [0.2, 0.25) is 0 Å².